The minimum Gasteiger partial charge on any atom is -0.493 e. The summed E-state index contributed by atoms with van der Waals surface area (Å²) in [7, 11) is 3.04. The molecular weight excluding hydrogens is 261 g/mol. The number of rotatable bonds is 4. The Bertz CT molecular complexity index is 656. The Hall–Kier alpha value is -2.56. The monoisotopic (exact) mass is 275 g/mol. The van der Waals surface area contributed by atoms with Gasteiger partial charge in [0.25, 0.3) is 5.91 Å². The Morgan fingerprint density at radius 2 is 1.90 bits per heavy atom. The van der Waals surface area contributed by atoms with Crippen LogP contribution in [0.1, 0.15) is 10.4 Å². The fraction of sp³-hybridized carbons (Fsp3) is 0.133. The molecule has 0 spiro atoms. The summed E-state index contributed by atoms with van der Waals surface area (Å²) in [5, 5.41) is 0. The number of hydrogen-bond donors (Lipinski definition) is 1. The van der Waals surface area contributed by atoms with E-state index in [-0.39, 0.29) is 5.56 Å². The van der Waals surface area contributed by atoms with E-state index in [1.54, 1.807) is 24.3 Å². The number of benzene rings is 2. The zero-order chi connectivity index (χ0) is 14.7. The van der Waals surface area contributed by atoms with Gasteiger partial charge in [-0.25, -0.2) is 4.39 Å². The van der Waals surface area contributed by atoms with Crippen LogP contribution < -0.4 is 15.2 Å². The number of carbonyl (C=O) groups is 1. The average Bonchev–Trinajstić information content (AvgIpc) is 2.45. The molecule has 0 aliphatic rings. The lowest BCUT2D eigenvalue weighted by Gasteiger charge is -2.13. The smallest absolute Gasteiger partial charge is 0.251 e. The topological polar surface area (TPSA) is 61.5 Å². The van der Waals surface area contributed by atoms with Gasteiger partial charge in [0.2, 0.25) is 0 Å². The number of para-hydroxylation sites is 1. The zero-order valence-corrected chi connectivity index (χ0v) is 11.1. The zero-order valence-electron chi connectivity index (χ0n) is 11.1. The number of carbonyl (C=O) groups excluding carboxylic acids is 1. The Morgan fingerprint density at radius 3 is 2.45 bits per heavy atom. The fourth-order valence-electron chi connectivity index (χ4n) is 2.00. The lowest BCUT2D eigenvalue weighted by Crippen LogP contribution is -2.12. The summed E-state index contributed by atoms with van der Waals surface area (Å²) in [6, 6.07) is 9.51. The van der Waals surface area contributed by atoms with Crippen molar-refractivity contribution in [3.63, 3.8) is 0 Å². The van der Waals surface area contributed by atoms with Gasteiger partial charge in [0.1, 0.15) is 5.82 Å². The first-order valence-electron chi connectivity index (χ1n) is 5.89. The first-order chi connectivity index (χ1) is 9.58. The van der Waals surface area contributed by atoms with Gasteiger partial charge in [-0.3, -0.25) is 4.79 Å². The summed E-state index contributed by atoms with van der Waals surface area (Å²) in [6.45, 7) is 0. The van der Waals surface area contributed by atoms with E-state index < -0.39 is 11.7 Å². The van der Waals surface area contributed by atoms with E-state index >= 15 is 0 Å². The third-order valence-electron chi connectivity index (χ3n) is 2.95. The lowest BCUT2D eigenvalue weighted by molar-refractivity contribution is 0.0996. The van der Waals surface area contributed by atoms with E-state index in [1.165, 1.54) is 26.4 Å². The third kappa shape index (κ3) is 2.42. The maximum absolute atomic E-state index is 13.8. The van der Waals surface area contributed by atoms with Crippen molar-refractivity contribution in [3.05, 3.63) is 47.8 Å². The maximum Gasteiger partial charge on any atom is 0.251 e. The van der Waals surface area contributed by atoms with Crippen molar-refractivity contribution in [3.8, 4) is 22.6 Å². The van der Waals surface area contributed by atoms with Crippen molar-refractivity contribution in [2.24, 2.45) is 5.73 Å². The van der Waals surface area contributed by atoms with Gasteiger partial charge in [-0.2, -0.15) is 0 Å². The van der Waals surface area contributed by atoms with Crippen LogP contribution >= 0.6 is 0 Å². The van der Waals surface area contributed by atoms with Crippen LogP contribution in [0.2, 0.25) is 0 Å². The minimum atomic E-state index is -0.799. The van der Waals surface area contributed by atoms with Crippen molar-refractivity contribution < 1.29 is 18.7 Å². The minimum absolute atomic E-state index is 0.143. The molecule has 0 aliphatic carbocycles. The first-order valence-corrected chi connectivity index (χ1v) is 5.89. The van der Waals surface area contributed by atoms with Crippen molar-refractivity contribution in [1.82, 2.24) is 0 Å². The van der Waals surface area contributed by atoms with E-state index in [9.17, 15) is 9.18 Å². The number of halogens is 1. The molecule has 4 nitrogen and oxygen atoms in total. The molecule has 1 amide bonds. The Labute approximate surface area is 115 Å². The van der Waals surface area contributed by atoms with Crippen molar-refractivity contribution in [1.29, 1.82) is 0 Å². The molecule has 0 fully saturated rings. The van der Waals surface area contributed by atoms with Gasteiger partial charge in [0.05, 0.1) is 19.8 Å². The van der Waals surface area contributed by atoms with E-state index in [4.69, 9.17) is 15.2 Å². The molecule has 0 heterocycles. The number of primary amides is 1. The van der Waals surface area contributed by atoms with E-state index in [1.807, 2.05) is 0 Å². The van der Waals surface area contributed by atoms with E-state index in [0.29, 0.717) is 22.6 Å². The number of methoxy groups -OCH3 is 2. The van der Waals surface area contributed by atoms with Gasteiger partial charge in [0, 0.05) is 5.56 Å². The second-order valence-corrected chi connectivity index (χ2v) is 4.10. The highest BCUT2D eigenvalue weighted by molar-refractivity contribution is 5.93. The number of ether oxygens (including phenoxy) is 2. The van der Waals surface area contributed by atoms with E-state index in [2.05, 4.69) is 0 Å². The van der Waals surface area contributed by atoms with Crippen LogP contribution in [-0.2, 0) is 0 Å². The Balaban J connectivity index is 2.57. The van der Waals surface area contributed by atoms with Gasteiger partial charge in [-0.1, -0.05) is 18.2 Å². The molecule has 2 N–H and O–H groups in total. The van der Waals surface area contributed by atoms with Crippen LogP contribution in [0.15, 0.2) is 36.4 Å². The van der Waals surface area contributed by atoms with Gasteiger partial charge in [-0.05, 0) is 23.8 Å². The summed E-state index contributed by atoms with van der Waals surface area (Å²) in [5.41, 5.74) is 6.18. The summed E-state index contributed by atoms with van der Waals surface area (Å²) in [6.07, 6.45) is 0. The van der Waals surface area contributed by atoms with E-state index in [0.717, 1.165) is 0 Å². The Kier molecular flexibility index (Phi) is 3.89. The standard InChI is InChI=1S/C15H14FNO3/c1-19-13-5-3-4-10(14(13)20-2)9-6-7-11(15(17)18)12(16)8-9/h3-8H,1-2H3,(H2,17,18). The molecule has 0 unspecified atom stereocenters. The highest BCUT2D eigenvalue weighted by Crippen LogP contribution is 2.38. The van der Waals surface area contributed by atoms with Gasteiger partial charge in [0.15, 0.2) is 11.5 Å². The van der Waals surface area contributed by atoms with Gasteiger partial charge >= 0.3 is 0 Å². The highest BCUT2D eigenvalue weighted by Gasteiger charge is 2.14. The third-order valence-corrected chi connectivity index (χ3v) is 2.95. The molecule has 2 rings (SSSR count). The number of nitrogens with two attached hydrogens (primary N) is 1. The Morgan fingerprint density at radius 1 is 1.15 bits per heavy atom. The number of amides is 1. The SMILES string of the molecule is COc1cccc(-c2ccc(C(N)=O)c(F)c2)c1OC. The van der Waals surface area contributed by atoms with Gasteiger partial charge in [-0.15, -0.1) is 0 Å². The number of hydrogen-bond acceptors (Lipinski definition) is 3. The van der Waals surface area contributed by atoms with Crippen LogP contribution in [0.3, 0.4) is 0 Å². The van der Waals surface area contributed by atoms with Crippen molar-refractivity contribution >= 4 is 5.91 Å². The second-order valence-electron chi connectivity index (χ2n) is 4.10. The van der Waals surface area contributed by atoms with Gasteiger partial charge < -0.3 is 15.2 Å². The molecule has 0 bridgehead atoms. The van der Waals surface area contributed by atoms with Crippen LogP contribution in [-0.4, -0.2) is 20.1 Å². The quantitative estimate of drug-likeness (QED) is 0.933. The van der Waals surface area contributed by atoms with Crippen LogP contribution in [0.25, 0.3) is 11.1 Å². The van der Waals surface area contributed by atoms with Crippen LogP contribution in [0.5, 0.6) is 11.5 Å². The molecule has 2 aromatic carbocycles. The van der Waals surface area contributed by atoms with Crippen LogP contribution in [0, 0.1) is 5.82 Å². The molecule has 0 saturated carbocycles. The molecule has 20 heavy (non-hydrogen) atoms. The summed E-state index contributed by atoms with van der Waals surface area (Å²) < 4.78 is 24.3. The average molecular weight is 275 g/mol. The largest absolute Gasteiger partial charge is 0.493 e. The predicted molar refractivity (Wildman–Crippen MR) is 73.5 cm³/mol. The molecule has 0 radical (unpaired) electrons. The summed E-state index contributed by atoms with van der Waals surface area (Å²) >= 11 is 0. The summed E-state index contributed by atoms with van der Waals surface area (Å²) in [5.74, 6) is -0.419. The van der Waals surface area contributed by atoms with Crippen LogP contribution in [0.4, 0.5) is 4.39 Å². The lowest BCUT2D eigenvalue weighted by atomic mass is 10.0. The molecule has 0 saturated heterocycles. The van der Waals surface area contributed by atoms with Crippen molar-refractivity contribution in [2.45, 2.75) is 0 Å². The normalized spacial score (nSPS) is 10.2. The molecular formula is C15H14FNO3. The van der Waals surface area contributed by atoms with Crippen molar-refractivity contribution in [2.75, 3.05) is 14.2 Å². The summed E-state index contributed by atoms with van der Waals surface area (Å²) in [4.78, 5) is 11.0. The first kappa shape index (κ1) is 13.9. The molecule has 104 valence electrons. The molecule has 0 aromatic heterocycles. The maximum atomic E-state index is 13.8. The highest BCUT2D eigenvalue weighted by atomic mass is 19.1. The molecule has 5 heteroatoms. The molecule has 0 atom stereocenters. The predicted octanol–water partition coefficient (Wildman–Crippen LogP) is 2.61. The molecule has 0 aliphatic heterocycles. The fourth-order valence-corrected chi connectivity index (χ4v) is 2.00. The molecule has 2 aromatic rings. The second kappa shape index (κ2) is 5.61.